The molecule has 3 rings (SSSR count). The van der Waals surface area contributed by atoms with Crippen molar-refractivity contribution < 1.29 is 9.47 Å². The van der Waals surface area contributed by atoms with Crippen LogP contribution in [-0.4, -0.2) is 39.3 Å². The van der Waals surface area contributed by atoms with Gasteiger partial charge in [0.05, 0.1) is 18.3 Å². The summed E-state index contributed by atoms with van der Waals surface area (Å²) < 4.78 is 13.2. The van der Waals surface area contributed by atoms with E-state index in [-0.39, 0.29) is 17.6 Å². The van der Waals surface area contributed by atoms with Gasteiger partial charge in [-0.3, -0.25) is 0 Å². The van der Waals surface area contributed by atoms with E-state index in [1.165, 1.54) is 0 Å². The molecule has 0 saturated carbocycles. The molecule has 0 spiro atoms. The Hall–Kier alpha value is -1.99. The van der Waals surface area contributed by atoms with Crippen molar-refractivity contribution in [1.82, 2.24) is 19.5 Å². The first-order valence-corrected chi connectivity index (χ1v) is 8.61. The van der Waals surface area contributed by atoms with Gasteiger partial charge in [0.2, 0.25) is 0 Å². The highest BCUT2D eigenvalue weighted by molar-refractivity contribution is 5.39. The van der Waals surface area contributed by atoms with Crippen molar-refractivity contribution in [2.75, 3.05) is 19.0 Å². The van der Waals surface area contributed by atoms with Crippen molar-refractivity contribution in [3.05, 3.63) is 35.8 Å². The van der Waals surface area contributed by atoms with Gasteiger partial charge in [-0.25, -0.2) is 15.0 Å². The minimum absolute atomic E-state index is 0.0843. The third-order valence-corrected chi connectivity index (χ3v) is 4.28. The average Bonchev–Trinajstić information content (AvgIpc) is 3.15. The third kappa shape index (κ3) is 3.99. The summed E-state index contributed by atoms with van der Waals surface area (Å²) in [6.07, 6.45) is 4.56. The lowest BCUT2D eigenvalue weighted by molar-refractivity contribution is 0.0983. The summed E-state index contributed by atoms with van der Waals surface area (Å²) in [6.45, 7) is 7.50. The van der Waals surface area contributed by atoms with Gasteiger partial charge >= 0.3 is 0 Å². The summed E-state index contributed by atoms with van der Waals surface area (Å²) in [6, 6.07) is 2.08. The van der Waals surface area contributed by atoms with Crippen LogP contribution in [0.25, 0.3) is 0 Å². The van der Waals surface area contributed by atoms with Gasteiger partial charge in [-0.15, -0.1) is 0 Å². The Morgan fingerprint density at radius 1 is 1.36 bits per heavy atom. The van der Waals surface area contributed by atoms with E-state index in [2.05, 4.69) is 36.1 Å². The molecule has 2 aromatic heterocycles. The van der Waals surface area contributed by atoms with Gasteiger partial charge in [0.15, 0.2) is 0 Å². The summed E-state index contributed by atoms with van der Waals surface area (Å²) in [5.74, 6) is 2.54. The lowest BCUT2D eigenvalue weighted by Crippen LogP contribution is -2.27. The molecule has 2 aromatic rings. The van der Waals surface area contributed by atoms with Crippen LogP contribution in [0.1, 0.15) is 50.6 Å². The van der Waals surface area contributed by atoms with Crippen LogP contribution >= 0.6 is 0 Å². The Morgan fingerprint density at radius 3 is 2.80 bits per heavy atom. The molecule has 0 amide bonds. The molecule has 3 heterocycles. The molecule has 0 aromatic carbocycles. The van der Waals surface area contributed by atoms with E-state index < -0.39 is 0 Å². The molecule has 7 heteroatoms. The molecule has 136 valence electrons. The van der Waals surface area contributed by atoms with E-state index in [0.29, 0.717) is 13.2 Å². The molecule has 7 nitrogen and oxygen atoms in total. The number of imidazole rings is 1. The van der Waals surface area contributed by atoms with Crippen LogP contribution in [0.4, 0.5) is 5.82 Å². The molecule has 1 fully saturated rings. The van der Waals surface area contributed by atoms with Gasteiger partial charge in [0.1, 0.15) is 23.6 Å². The Morgan fingerprint density at radius 2 is 2.16 bits per heavy atom. The van der Waals surface area contributed by atoms with Crippen molar-refractivity contribution in [1.29, 1.82) is 0 Å². The maximum atomic E-state index is 5.92. The second-order valence-corrected chi connectivity index (χ2v) is 7.48. The monoisotopic (exact) mass is 345 g/mol. The molecule has 1 saturated heterocycles. The molecule has 0 aliphatic carbocycles. The number of anilines is 1. The first-order chi connectivity index (χ1) is 11.9. The van der Waals surface area contributed by atoms with Crippen LogP contribution in [0.15, 0.2) is 18.5 Å². The largest absolute Gasteiger partial charge is 0.378 e. The van der Waals surface area contributed by atoms with Gasteiger partial charge < -0.3 is 19.4 Å². The second-order valence-electron chi connectivity index (χ2n) is 7.48. The predicted molar refractivity (Wildman–Crippen MR) is 95.4 cm³/mol. The Bertz CT molecular complexity index is 722. The molecule has 0 radical (unpaired) electrons. The SMILES string of the molecule is COCc1cc(N[C@H]2CCO[C@@H]2c2nccn2C)nc(C(C)(C)C)n1. The van der Waals surface area contributed by atoms with Crippen molar-refractivity contribution in [2.45, 2.75) is 51.4 Å². The average molecular weight is 345 g/mol. The Balaban J connectivity index is 1.86. The number of aromatic nitrogens is 4. The quantitative estimate of drug-likeness (QED) is 0.898. The number of hydrogen-bond acceptors (Lipinski definition) is 6. The van der Waals surface area contributed by atoms with Crippen LogP contribution < -0.4 is 5.32 Å². The van der Waals surface area contributed by atoms with Crippen molar-refractivity contribution in [3.63, 3.8) is 0 Å². The van der Waals surface area contributed by atoms with Crippen LogP contribution in [-0.2, 0) is 28.5 Å². The summed E-state index contributed by atoms with van der Waals surface area (Å²) in [4.78, 5) is 13.8. The number of hydrogen-bond donors (Lipinski definition) is 1. The molecule has 25 heavy (non-hydrogen) atoms. The lowest BCUT2D eigenvalue weighted by atomic mass is 9.95. The second kappa shape index (κ2) is 7.09. The highest BCUT2D eigenvalue weighted by Crippen LogP contribution is 2.30. The van der Waals surface area contributed by atoms with Gasteiger partial charge in [0.25, 0.3) is 0 Å². The fourth-order valence-electron chi connectivity index (χ4n) is 2.96. The normalized spacial score (nSPS) is 20.8. The first-order valence-electron chi connectivity index (χ1n) is 8.61. The molecular formula is C18H27N5O2. The molecule has 0 bridgehead atoms. The minimum atomic E-state index is -0.133. The predicted octanol–water partition coefficient (Wildman–Crippen LogP) is 2.60. The number of rotatable bonds is 5. The number of ether oxygens (including phenoxy) is 2. The van der Waals surface area contributed by atoms with E-state index in [4.69, 9.17) is 14.5 Å². The standard InChI is InChI=1S/C18H27N5O2/c1-18(2,3)17-20-12(11-24-5)10-14(22-17)21-13-6-9-25-15(13)16-19-7-8-23(16)4/h7-8,10,13,15H,6,9,11H2,1-5H3,(H,20,21,22)/t13-,15-/m0/s1. The third-order valence-electron chi connectivity index (χ3n) is 4.28. The summed E-state index contributed by atoms with van der Waals surface area (Å²) in [5.41, 5.74) is 0.739. The van der Waals surface area contributed by atoms with Crippen LogP contribution in [0.3, 0.4) is 0 Å². The lowest BCUT2D eigenvalue weighted by Gasteiger charge is -2.23. The summed E-state index contributed by atoms with van der Waals surface area (Å²) >= 11 is 0. The van der Waals surface area contributed by atoms with E-state index in [0.717, 1.165) is 29.6 Å². The smallest absolute Gasteiger partial charge is 0.139 e. The van der Waals surface area contributed by atoms with Gasteiger partial charge in [-0.1, -0.05) is 20.8 Å². The zero-order valence-corrected chi connectivity index (χ0v) is 15.6. The van der Waals surface area contributed by atoms with Crippen molar-refractivity contribution in [2.24, 2.45) is 7.05 Å². The maximum Gasteiger partial charge on any atom is 0.139 e. The van der Waals surface area contributed by atoms with E-state index in [1.54, 1.807) is 13.3 Å². The van der Waals surface area contributed by atoms with Gasteiger partial charge in [0, 0.05) is 44.6 Å². The molecule has 0 unspecified atom stereocenters. The molecule has 1 N–H and O–H groups in total. The maximum absolute atomic E-state index is 5.92. The van der Waals surface area contributed by atoms with E-state index in [1.807, 2.05) is 23.9 Å². The van der Waals surface area contributed by atoms with Gasteiger partial charge in [-0.05, 0) is 6.42 Å². The number of aryl methyl sites for hydroxylation is 1. The molecular weight excluding hydrogens is 318 g/mol. The van der Waals surface area contributed by atoms with Crippen molar-refractivity contribution in [3.8, 4) is 0 Å². The number of nitrogens with one attached hydrogen (secondary N) is 1. The van der Waals surface area contributed by atoms with E-state index >= 15 is 0 Å². The number of methoxy groups -OCH3 is 1. The summed E-state index contributed by atoms with van der Waals surface area (Å²) in [5, 5.41) is 3.53. The molecule has 2 atom stereocenters. The van der Waals surface area contributed by atoms with E-state index in [9.17, 15) is 0 Å². The molecule has 1 aliphatic heterocycles. The molecule has 1 aliphatic rings. The minimum Gasteiger partial charge on any atom is -0.378 e. The van der Waals surface area contributed by atoms with Crippen molar-refractivity contribution >= 4 is 5.82 Å². The summed E-state index contributed by atoms with van der Waals surface area (Å²) in [7, 11) is 3.66. The fraction of sp³-hybridized carbons (Fsp3) is 0.611. The zero-order chi connectivity index (χ0) is 18.0. The Labute approximate surface area is 148 Å². The van der Waals surface area contributed by atoms with Crippen LogP contribution in [0.2, 0.25) is 0 Å². The fourth-order valence-corrected chi connectivity index (χ4v) is 2.96. The van der Waals surface area contributed by atoms with Crippen LogP contribution in [0.5, 0.6) is 0 Å². The Kier molecular flexibility index (Phi) is 5.06. The first kappa shape index (κ1) is 17.8. The van der Waals surface area contributed by atoms with Gasteiger partial charge in [-0.2, -0.15) is 0 Å². The van der Waals surface area contributed by atoms with Crippen LogP contribution in [0, 0.1) is 0 Å². The highest BCUT2D eigenvalue weighted by Gasteiger charge is 2.33. The topological polar surface area (TPSA) is 74.1 Å². The number of nitrogens with zero attached hydrogens (tertiary/aromatic N) is 4. The zero-order valence-electron chi connectivity index (χ0n) is 15.6. The highest BCUT2D eigenvalue weighted by atomic mass is 16.5.